The Morgan fingerprint density at radius 2 is 1.91 bits per heavy atom. The zero-order valence-electron chi connectivity index (χ0n) is 18.3. The molecule has 1 aliphatic rings. The predicted octanol–water partition coefficient (Wildman–Crippen LogP) is 0.363. The van der Waals surface area contributed by atoms with Crippen LogP contribution in [0.2, 0.25) is 0 Å². The fourth-order valence-corrected chi connectivity index (χ4v) is 3.28. The monoisotopic (exact) mass is 491 g/mol. The first-order valence-electron chi connectivity index (χ1n) is 10.1. The maximum atomic E-state index is 13.0. The average molecular weight is 492 g/mol. The first-order valence-corrected chi connectivity index (χ1v) is 10.1. The van der Waals surface area contributed by atoms with Crippen molar-refractivity contribution in [1.29, 1.82) is 5.41 Å². The Morgan fingerprint density at radius 1 is 1.24 bits per heavy atom. The highest BCUT2D eigenvalue weighted by Crippen LogP contribution is 2.26. The molecule has 12 heteroatoms. The van der Waals surface area contributed by atoms with Crippen molar-refractivity contribution in [2.24, 2.45) is 5.73 Å². The number of anilines is 3. The fraction of sp³-hybridized carbons (Fsp3) is 0.273. The number of rotatable bonds is 7. The van der Waals surface area contributed by atoms with Crippen LogP contribution in [-0.4, -0.2) is 65.7 Å². The molecule has 2 aromatic carbocycles. The summed E-state index contributed by atoms with van der Waals surface area (Å²) in [5.74, 6) is -2.15. The lowest BCUT2D eigenvalue weighted by Crippen LogP contribution is -2.55. The van der Waals surface area contributed by atoms with Gasteiger partial charge in [0.25, 0.3) is 11.8 Å². The van der Waals surface area contributed by atoms with Crippen molar-refractivity contribution in [3.8, 4) is 0 Å². The van der Waals surface area contributed by atoms with Gasteiger partial charge in [-0.3, -0.25) is 19.8 Å². The summed E-state index contributed by atoms with van der Waals surface area (Å²) in [6.45, 7) is 1.35. The minimum absolute atomic E-state index is 0. The SMILES string of the molecule is Cc1ccc(N2CCO[C@H]([C@@H](O)C(=O)Nc3ccc(C(=N)N)cc3)C2=O)cc1NC(=O)CO.Cl. The van der Waals surface area contributed by atoms with Gasteiger partial charge in [-0.25, -0.2) is 0 Å². The van der Waals surface area contributed by atoms with Gasteiger partial charge in [0.2, 0.25) is 5.91 Å². The number of morpholine rings is 1. The molecule has 3 amide bonds. The van der Waals surface area contributed by atoms with Crippen LogP contribution in [0.25, 0.3) is 0 Å². The molecule has 2 atom stereocenters. The van der Waals surface area contributed by atoms with Gasteiger partial charge in [-0.2, -0.15) is 0 Å². The van der Waals surface area contributed by atoms with E-state index in [0.717, 1.165) is 5.56 Å². The van der Waals surface area contributed by atoms with Crippen LogP contribution in [0, 0.1) is 12.3 Å². The molecule has 1 fully saturated rings. The zero-order valence-corrected chi connectivity index (χ0v) is 19.1. The molecule has 0 unspecified atom stereocenters. The van der Waals surface area contributed by atoms with Crippen LogP contribution in [0.3, 0.4) is 0 Å². The summed E-state index contributed by atoms with van der Waals surface area (Å²) in [5, 5.41) is 31.9. The lowest BCUT2D eigenvalue weighted by Gasteiger charge is -2.34. The van der Waals surface area contributed by atoms with Gasteiger partial charge < -0.3 is 36.2 Å². The van der Waals surface area contributed by atoms with E-state index in [2.05, 4.69) is 10.6 Å². The van der Waals surface area contributed by atoms with Gasteiger partial charge in [0.05, 0.1) is 6.61 Å². The molecule has 11 nitrogen and oxygen atoms in total. The molecule has 0 saturated carbocycles. The summed E-state index contributed by atoms with van der Waals surface area (Å²) in [7, 11) is 0. The van der Waals surface area contributed by atoms with E-state index in [1.165, 1.54) is 17.0 Å². The Morgan fingerprint density at radius 3 is 2.53 bits per heavy atom. The summed E-state index contributed by atoms with van der Waals surface area (Å²) in [6, 6.07) is 11.1. The van der Waals surface area contributed by atoms with Gasteiger partial charge in [-0.1, -0.05) is 6.07 Å². The third-order valence-electron chi connectivity index (χ3n) is 5.09. The predicted molar refractivity (Wildman–Crippen MR) is 128 cm³/mol. The van der Waals surface area contributed by atoms with Gasteiger partial charge in [0, 0.05) is 29.2 Å². The number of carbonyl (C=O) groups excluding carboxylic acids is 3. The molecule has 34 heavy (non-hydrogen) atoms. The van der Waals surface area contributed by atoms with E-state index in [-0.39, 0.29) is 31.4 Å². The second-order valence-electron chi connectivity index (χ2n) is 7.41. The van der Waals surface area contributed by atoms with E-state index >= 15 is 0 Å². The van der Waals surface area contributed by atoms with Crippen LogP contribution in [0.5, 0.6) is 0 Å². The van der Waals surface area contributed by atoms with Crippen molar-refractivity contribution >= 4 is 53.0 Å². The second kappa shape index (κ2) is 11.6. The number of aliphatic hydroxyl groups excluding tert-OH is 2. The number of aliphatic hydroxyl groups is 2. The normalized spacial score (nSPS) is 16.3. The molecule has 0 aliphatic carbocycles. The second-order valence-corrected chi connectivity index (χ2v) is 7.41. The van der Waals surface area contributed by atoms with E-state index < -0.39 is 36.5 Å². The van der Waals surface area contributed by atoms with Crippen LogP contribution in [0.4, 0.5) is 17.1 Å². The summed E-state index contributed by atoms with van der Waals surface area (Å²) < 4.78 is 5.40. The molecule has 2 aromatic rings. The third kappa shape index (κ3) is 6.08. The van der Waals surface area contributed by atoms with Crippen LogP contribution in [0.1, 0.15) is 11.1 Å². The molecular formula is C22H26ClN5O6. The van der Waals surface area contributed by atoms with Crippen molar-refractivity contribution < 1.29 is 29.3 Å². The average Bonchev–Trinajstić information content (AvgIpc) is 2.80. The van der Waals surface area contributed by atoms with E-state index in [9.17, 15) is 19.5 Å². The highest BCUT2D eigenvalue weighted by atomic mass is 35.5. The van der Waals surface area contributed by atoms with Crippen LogP contribution in [0.15, 0.2) is 42.5 Å². The third-order valence-corrected chi connectivity index (χ3v) is 5.09. The Hall–Kier alpha value is -3.51. The summed E-state index contributed by atoms with van der Waals surface area (Å²) >= 11 is 0. The first kappa shape index (κ1) is 26.7. The van der Waals surface area contributed by atoms with Gasteiger partial charge in [0.15, 0.2) is 12.2 Å². The zero-order chi connectivity index (χ0) is 24.1. The highest BCUT2D eigenvalue weighted by Gasteiger charge is 2.39. The number of amides is 3. The van der Waals surface area contributed by atoms with E-state index in [0.29, 0.717) is 22.6 Å². The molecule has 182 valence electrons. The lowest BCUT2D eigenvalue weighted by molar-refractivity contribution is -0.150. The number of nitrogens with one attached hydrogen (secondary N) is 3. The highest BCUT2D eigenvalue weighted by molar-refractivity contribution is 6.04. The molecule has 7 N–H and O–H groups in total. The number of aryl methyl sites for hydroxylation is 1. The Labute approximate surface area is 201 Å². The number of nitrogens with zero attached hydrogens (tertiary/aromatic N) is 1. The largest absolute Gasteiger partial charge is 0.387 e. The Balaban J connectivity index is 0.00000408. The van der Waals surface area contributed by atoms with E-state index in [1.807, 2.05) is 0 Å². The Kier molecular flexibility index (Phi) is 9.10. The topological polar surface area (TPSA) is 178 Å². The standard InChI is InChI=1S/C22H25N5O6.ClH/c1-12-2-7-15(10-16(12)26-17(29)11-28)27-8-9-33-19(22(27)32)18(30)21(31)25-14-5-3-13(4-6-14)20(23)24;/h2-7,10,18-19,28,30H,8-9,11H2,1H3,(H3,23,24)(H,25,31)(H,26,29);1H/t18-,19-;/m1./s1. The van der Waals surface area contributed by atoms with Crippen LogP contribution >= 0.6 is 12.4 Å². The minimum atomic E-state index is -1.77. The number of benzene rings is 2. The number of nitrogen functional groups attached to an aromatic ring is 1. The van der Waals surface area contributed by atoms with Crippen molar-refractivity contribution in [1.82, 2.24) is 0 Å². The van der Waals surface area contributed by atoms with Gasteiger partial charge in [0.1, 0.15) is 12.4 Å². The molecule has 0 radical (unpaired) electrons. The van der Waals surface area contributed by atoms with Crippen LogP contribution in [-0.2, 0) is 19.1 Å². The van der Waals surface area contributed by atoms with Crippen molar-refractivity contribution in [2.45, 2.75) is 19.1 Å². The number of nitrogens with two attached hydrogens (primary N) is 1. The fourth-order valence-electron chi connectivity index (χ4n) is 3.28. The minimum Gasteiger partial charge on any atom is -0.387 e. The molecule has 3 rings (SSSR count). The van der Waals surface area contributed by atoms with Gasteiger partial charge in [-0.05, 0) is 48.9 Å². The molecule has 0 bridgehead atoms. The quantitative estimate of drug-likeness (QED) is 0.239. The van der Waals surface area contributed by atoms with E-state index in [4.69, 9.17) is 21.0 Å². The Bertz CT molecular complexity index is 1080. The van der Waals surface area contributed by atoms with E-state index in [1.54, 1.807) is 37.3 Å². The smallest absolute Gasteiger partial charge is 0.259 e. The molecule has 1 saturated heterocycles. The molecular weight excluding hydrogens is 466 g/mol. The van der Waals surface area contributed by atoms with Gasteiger partial charge in [-0.15, -0.1) is 12.4 Å². The summed E-state index contributed by atoms with van der Waals surface area (Å²) in [5.41, 5.74) is 7.83. The number of halogens is 1. The van der Waals surface area contributed by atoms with Crippen molar-refractivity contribution in [3.63, 3.8) is 0 Å². The summed E-state index contributed by atoms with van der Waals surface area (Å²) in [6.07, 6.45) is -3.20. The van der Waals surface area contributed by atoms with Crippen molar-refractivity contribution in [2.75, 3.05) is 35.3 Å². The maximum Gasteiger partial charge on any atom is 0.259 e. The van der Waals surface area contributed by atoms with Gasteiger partial charge >= 0.3 is 0 Å². The number of hydrogen-bond acceptors (Lipinski definition) is 7. The molecule has 0 spiro atoms. The van der Waals surface area contributed by atoms with Crippen LogP contribution < -0.4 is 21.3 Å². The molecule has 0 aromatic heterocycles. The number of carbonyl (C=O) groups is 3. The maximum absolute atomic E-state index is 13.0. The molecule has 1 heterocycles. The summed E-state index contributed by atoms with van der Waals surface area (Å²) in [4.78, 5) is 38.4. The lowest BCUT2D eigenvalue weighted by atomic mass is 10.1. The number of hydrogen-bond donors (Lipinski definition) is 6. The number of ether oxygens (including phenoxy) is 1. The first-order chi connectivity index (χ1) is 15.7. The number of amidine groups is 1. The molecule has 1 aliphatic heterocycles. The van der Waals surface area contributed by atoms with Crippen molar-refractivity contribution in [3.05, 3.63) is 53.6 Å².